The summed E-state index contributed by atoms with van der Waals surface area (Å²) in [5, 5.41) is 17.1. The molecule has 0 radical (unpaired) electrons. The Morgan fingerprint density at radius 2 is 2.08 bits per heavy atom. The average molecular weight is 391 g/mol. The van der Waals surface area contributed by atoms with Gasteiger partial charge in [-0.3, -0.25) is 15.0 Å². The molecule has 8 heteroatoms. The monoisotopic (exact) mass is 390 g/mol. The summed E-state index contributed by atoms with van der Waals surface area (Å²) in [7, 11) is 0. The van der Waals surface area contributed by atoms with Crippen molar-refractivity contribution in [1.82, 2.24) is 5.32 Å². The van der Waals surface area contributed by atoms with Gasteiger partial charge in [0.05, 0.1) is 4.92 Å². The van der Waals surface area contributed by atoms with Gasteiger partial charge >= 0.3 is 6.03 Å². The summed E-state index contributed by atoms with van der Waals surface area (Å²) in [6.45, 7) is 1.33. The third-order valence-corrected chi connectivity index (χ3v) is 4.17. The molecule has 1 heterocycles. The third-order valence-electron chi connectivity index (χ3n) is 3.67. The number of rotatable bonds is 4. The molecular weight excluding hydrogens is 376 g/mol. The van der Waals surface area contributed by atoms with Gasteiger partial charge in [0, 0.05) is 35.0 Å². The van der Waals surface area contributed by atoms with Gasteiger partial charge in [-0.15, -0.1) is 0 Å². The van der Waals surface area contributed by atoms with Gasteiger partial charge in [0.2, 0.25) is 0 Å². The van der Waals surface area contributed by atoms with Crippen LogP contribution in [-0.2, 0) is 0 Å². The molecule has 2 aromatic carbocycles. The molecular formula is C16H15BrN4O3. The highest BCUT2D eigenvalue weighted by atomic mass is 79.9. The Balaban J connectivity index is 1.88. The highest BCUT2D eigenvalue weighted by Gasteiger charge is 2.20. The zero-order chi connectivity index (χ0) is 17.1. The molecule has 0 spiro atoms. The van der Waals surface area contributed by atoms with Crippen molar-refractivity contribution in [1.29, 1.82) is 0 Å². The highest BCUT2D eigenvalue weighted by Crippen LogP contribution is 2.31. The van der Waals surface area contributed by atoms with Gasteiger partial charge in [0.1, 0.15) is 5.69 Å². The van der Waals surface area contributed by atoms with E-state index in [1.54, 1.807) is 29.2 Å². The van der Waals surface area contributed by atoms with Crippen LogP contribution in [0.15, 0.2) is 46.9 Å². The molecule has 1 fully saturated rings. The summed E-state index contributed by atoms with van der Waals surface area (Å²) in [6, 6.07) is 11.9. The van der Waals surface area contributed by atoms with Crippen LogP contribution < -0.4 is 15.5 Å². The smallest absolute Gasteiger partial charge is 0.321 e. The zero-order valence-electron chi connectivity index (χ0n) is 12.7. The Kier molecular flexibility index (Phi) is 4.66. The molecule has 1 aliphatic heterocycles. The first-order chi connectivity index (χ1) is 11.5. The number of nitrogens with one attached hydrogen (secondary N) is 2. The van der Waals surface area contributed by atoms with Crippen LogP contribution in [0.3, 0.4) is 0 Å². The SMILES string of the molecule is O=C1NCCCN1c1cccc(Nc2ccc(Br)cc2[N+](=O)[O-])c1. The minimum absolute atomic E-state index is 0.0227. The van der Waals surface area contributed by atoms with Crippen molar-refractivity contribution in [3.8, 4) is 0 Å². The summed E-state index contributed by atoms with van der Waals surface area (Å²) < 4.78 is 0.637. The molecule has 7 nitrogen and oxygen atoms in total. The molecule has 124 valence electrons. The summed E-state index contributed by atoms with van der Waals surface area (Å²) in [4.78, 5) is 24.4. The number of carbonyl (C=O) groups excluding carboxylic acids is 1. The summed E-state index contributed by atoms with van der Waals surface area (Å²) in [5.74, 6) is 0. The van der Waals surface area contributed by atoms with Crippen molar-refractivity contribution in [2.24, 2.45) is 0 Å². The van der Waals surface area contributed by atoms with Crippen LogP contribution >= 0.6 is 15.9 Å². The molecule has 3 rings (SSSR count). The number of nitro benzene ring substituents is 1. The standard InChI is InChI=1S/C16H15BrN4O3/c17-11-5-6-14(15(9-11)21(23)24)19-12-3-1-4-13(10-12)20-8-2-7-18-16(20)22/h1,3-6,9-10,19H,2,7-8H2,(H,18,22). The molecule has 0 saturated carbocycles. The second-order valence-electron chi connectivity index (χ2n) is 5.33. The van der Waals surface area contributed by atoms with Gasteiger partial charge in [-0.05, 0) is 36.8 Å². The fraction of sp³-hybridized carbons (Fsp3) is 0.188. The predicted octanol–water partition coefficient (Wildman–Crippen LogP) is 4.02. The predicted molar refractivity (Wildman–Crippen MR) is 95.9 cm³/mol. The van der Waals surface area contributed by atoms with Crippen molar-refractivity contribution in [3.63, 3.8) is 0 Å². The Hall–Kier alpha value is -2.61. The first kappa shape index (κ1) is 16.3. The molecule has 0 atom stereocenters. The van der Waals surface area contributed by atoms with Gasteiger partial charge in [-0.2, -0.15) is 0 Å². The van der Waals surface area contributed by atoms with Crippen LogP contribution in [-0.4, -0.2) is 24.0 Å². The highest BCUT2D eigenvalue weighted by molar-refractivity contribution is 9.10. The van der Waals surface area contributed by atoms with Gasteiger partial charge in [0.15, 0.2) is 0 Å². The lowest BCUT2D eigenvalue weighted by Gasteiger charge is -2.27. The van der Waals surface area contributed by atoms with Gasteiger partial charge in [0.25, 0.3) is 5.69 Å². The van der Waals surface area contributed by atoms with Crippen LogP contribution in [0.5, 0.6) is 0 Å². The Bertz CT molecular complexity index is 797. The maximum absolute atomic E-state index is 11.9. The zero-order valence-corrected chi connectivity index (χ0v) is 14.2. The Labute approximate surface area is 146 Å². The normalized spacial score (nSPS) is 14.2. The van der Waals surface area contributed by atoms with E-state index < -0.39 is 4.92 Å². The van der Waals surface area contributed by atoms with Crippen molar-refractivity contribution in [2.45, 2.75) is 6.42 Å². The van der Waals surface area contributed by atoms with Gasteiger partial charge < -0.3 is 10.6 Å². The number of urea groups is 1. The third kappa shape index (κ3) is 3.48. The number of benzene rings is 2. The molecule has 2 amide bonds. The van der Waals surface area contributed by atoms with Crippen LogP contribution in [0.1, 0.15) is 6.42 Å². The fourth-order valence-electron chi connectivity index (χ4n) is 2.54. The maximum atomic E-state index is 11.9. The molecule has 2 N–H and O–H groups in total. The molecule has 1 saturated heterocycles. The molecule has 0 bridgehead atoms. The quantitative estimate of drug-likeness (QED) is 0.609. The van der Waals surface area contributed by atoms with E-state index in [1.807, 2.05) is 12.1 Å². The number of hydrogen-bond donors (Lipinski definition) is 2. The van der Waals surface area contributed by atoms with Crippen molar-refractivity contribution in [3.05, 3.63) is 57.1 Å². The average Bonchev–Trinajstić information content (AvgIpc) is 2.57. The van der Waals surface area contributed by atoms with E-state index in [1.165, 1.54) is 6.07 Å². The van der Waals surface area contributed by atoms with E-state index in [2.05, 4.69) is 26.6 Å². The fourth-order valence-corrected chi connectivity index (χ4v) is 2.89. The van der Waals surface area contributed by atoms with Gasteiger partial charge in [-0.25, -0.2) is 4.79 Å². The number of halogens is 1. The first-order valence-corrected chi connectivity index (χ1v) is 8.20. The summed E-state index contributed by atoms with van der Waals surface area (Å²) in [5.41, 5.74) is 1.79. The molecule has 0 aliphatic carbocycles. The Morgan fingerprint density at radius 3 is 2.83 bits per heavy atom. The molecule has 2 aromatic rings. The van der Waals surface area contributed by atoms with Gasteiger partial charge in [-0.1, -0.05) is 22.0 Å². The molecule has 1 aliphatic rings. The minimum Gasteiger partial charge on any atom is -0.350 e. The number of hydrogen-bond acceptors (Lipinski definition) is 4. The number of carbonyl (C=O) groups is 1. The number of anilines is 3. The van der Waals surface area contributed by atoms with E-state index >= 15 is 0 Å². The number of nitrogens with zero attached hydrogens (tertiary/aromatic N) is 2. The van der Waals surface area contributed by atoms with Crippen molar-refractivity contribution < 1.29 is 9.72 Å². The van der Waals surface area contributed by atoms with E-state index in [4.69, 9.17) is 0 Å². The minimum atomic E-state index is -0.435. The lowest BCUT2D eigenvalue weighted by molar-refractivity contribution is -0.384. The van der Waals surface area contributed by atoms with Crippen LogP contribution in [0.25, 0.3) is 0 Å². The number of amides is 2. The van der Waals surface area contributed by atoms with E-state index in [0.29, 0.717) is 28.9 Å². The topological polar surface area (TPSA) is 87.5 Å². The van der Waals surface area contributed by atoms with E-state index in [-0.39, 0.29) is 11.7 Å². The summed E-state index contributed by atoms with van der Waals surface area (Å²) in [6.07, 6.45) is 0.877. The van der Waals surface area contributed by atoms with Crippen molar-refractivity contribution in [2.75, 3.05) is 23.3 Å². The molecule has 24 heavy (non-hydrogen) atoms. The van der Waals surface area contributed by atoms with Crippen LogP contribution in [0, 0.1) is 10.1 Å². The second kappa shape index (κ2) is 6.88. The van der Waals surface area contributed by atoms with E-state index in [0.717, 1.165) is 12.1 Å². The molecule has 0 aromatic heterocycles. The first-order valence-electron chi connectivity index (χ1n) is 7.41. The van der Waals surface area contributed by atoms with Crippen molar-refractivity contribution >= 4 is 44.7 Å². The lowest BCUT2D eigenvalue weighted by atomic mass is 10.2. The van der Waals surface area contributed by atoms with Crippen LogP contribution in [0.2, 0.25) is 0 Å². The summed E-state index contributed by atoms with van der Waals surface area (Å²) >= 11 is 3.24. The maximum Gasteiger partial charge on any atom is 0.321 e. The molecule has 0 unspecified atom stereocenters. The largest absolute Gasteiger partial charge is 0.350 e. The van der Waals surface area contributed by atoms with Crippen LogP contribution in [0.4, 0.5) is 27.5 Å². The number of nitro groups is 1. The lowest BCUT2D eigenvalue weighted by Crippen LogP contribution is -2.46. The Morgan fingerprint density at radius 1 is 1.25 bits per heavy atom. The van der Waals surface area contributed by atoms with E-state index in [9.17, 15) is 14.9 Å². The second-order valence-corrected chi connectivity index (χ2v) is 6.25.